The number of aromatic amines is 1. The second-order valence-corrected chi connectivity index (χ2v) is 7.17. The topological polar surface area (TPSA) is 27.8 Å². The number of H-pyrrole nitrogens is 1. The van der Waals surface area contributed by atoms with Gasteiger partial charge in [0.1, 0.15) is 0 Å². The van der Waals surface area contributed by atoms with Gasteiger partial charge in [-0.15, -0.1) is 0 Å². The van der Waals surface area contributed by atoms with Crippen LogP contribution in [0.2, 0.25) is 10.0 Å². The van der Waals surface area contributed by atoms with E-state index in [1.54, 1.807) is 0 Å². The lowest BCUT2D eigenvalue weighted by atomic mass is 9.93. The molecule has 118 valence electrons. The van der Waals surface area contributed by atoms with Crippen LogP contribution < -0.4 is 5.32 Å². The van der Waals surface area contributed by atoms with Crippen molar-refractivity contribution in [2.75, 3.05) is 6.54 Å². The molecular weight excluding hydrogens is 327 g/mol. The summed E-state index contributed by atoms with van der Waals surface area (Å²) in [7, 11) is 0. The van der Waals surface area contributed by atoms with E-state index in [-0.39, 0.29) is 6.04 Å². The van der Waals surface area contributed by atoms with Crippen LogP contribution in [0.15, 0.2) is 30.3 Å². The summed E-state index contributed by atoms with van der Waals surface area (Å²) < 4.78 is 0. The van der Waals surface area contributed by atoms with Crippen LogP contribution in [0.25, 0.3) is 10.9 Å². The van der Waals surface area contributed by atoms with Crippen molar-refractivity contribution < 1.29 is 0 Å². The third kappa shape index (κ3) is 2.46. The molecule has 1 unspecified atom stereocenters. The average molecular weight is 345 g/mol. The van der Waals surface area contributed by atoms with E-state index in [1.165, 1.54) is 33.3 Å². The van der Waals surface area contributed by atoms with Crippen LogP contribution in [0, 0.1) is 13.8 Å². The highest BCUT2D eigenvalue weighted by Crippen LogP contribution is 2.37. The number of nitrogens with one attached hydrogen (secondary N) is 2. The smallest absolute Gasteiger partial charge is 0.0746 e. The Morgan fingerprint density at radius 3 is 2.70 bits per heavy atom. The highest BCUT2D eigenvalue weighted by Gasteiger charge is 2.27. The Balaban J connectivity index is 1.93. The number of hydrogen-bond donors (Lipinski definition) is 2. The average Bonchev–Trinajstić information content (AvgIpc) is 2.87. The summed E-state index contributed by atoms with van der Waals surface area (Å²) in [6.45, 7) is 5.26. The Morgan fingerprint density at radius 2 is 1.91 bits per heavy atom. The van der Waals surface area contributed by atoms with E-state index in [2.05, 4.69) is 36.3 Å². The minimum atomic E-state index is 0.0793. The molecule has 0 spiro atoms. The number of hydrogen-bond acceptors (Lipinski definition) is 1. The second kappa shape index (κ2) is 5.55. The summed E-state index contributed by atoms with van der Waals surface area (Å²) in [6.07, 6.45) is 1.03. The molecule has 1 atom stereocenters. The highest BCUT2D eigenvalue weighted by molar-refractivity contribution is 6.35. The van der Waals surface area contributed by atoms with E-state index < -0.39 is 0 Å². The first kappa shape index (κ1) is 15.1. The van der Waals surface area contributed by atoms with Gasteiger partial charge in [-0.1, -0.05) is 40.9 Å². The molecule has 2 heterocycles. The van der Waals surface area contributed by atoms with Crippen LogP contribution in [0.1, 0.15) is 34.0 Å². The van der Waals surface area contributed by atoms with Crippen molar-refractivity contribution in [1.29, 1.82) is 0 Å². The van der Waals surface area contributed by atoms with Crippen LogP contribution >= 0.6 is 23.2 Å². The molecule has 1 aliphatic rings. The number of aryl methyl sites for hydroxylation is 2. The van der Waals surface area contributed by atoms with Crippen molar-refractivity contribution in [2.45, 2.75) is 26.3 Å². The quantitative estimate of drug-likeness (QED) is 0.613. The SMILES string of the molecule is Cc1cc(C)c2[nH]c3c(c2c1)CCNC3c1ccc(Cl)cc1Cl. The van der Waals surface area contributed by atoms with E-state index >= 15 is 0 Å². The molecule has 0 radical (unpaired) electrons. The molecule has 1 aliphatic heterocycles. The first-order chi connectivity index (χ1) is 11.0. The van der Waals surface area contributed by atoms with Gasteiger partial charge in [0.25, 0.3) is 0 Å². The lowest BCUT2D eigenvalue weighted by Gasteiger charge is -2.25. The summed E-state index contributed by atoms with van der Waals surface area (Å²) in [4.78, 5) is 3.65. The van der Waals surface area contributed by atoms with Gasteiger partial charge in [-0.25, -0.2) is 0 Å². The molecule has 1 aromatic heterocycles. The maximum atomic E-state index is 6.45. The zero-order chi connectivity index (χ0) is 16.1. The molecule has 3 aromatic rings. The molecule has 0 amide bonds. The first-order valence-corrected chi connectivity index (χ1v) is 8.60. The molecule has 4 heteroatoms. The van der Waals surface area contributed by atoms with Crippen LogP contribution in [0.5, 0.6) is 0 Å². The van der Waals surface area contributed by atoms with E-state index in [1.807, 2.05) is 18.2 Å². The van der Waals surface area contributed by atoms with Gasteiger partial charge in [0.2, 0.25) is 0 Å². The minimum absolute atomic E-state index is 0.0793. The van der Waals surface area contributed by atoms with Crippen LogP contribution in [0.3, 0.4) is 0 Å². The molecule has 2 N–H and O–H groups in total. The normalized spacial score (nSPS) is 17.5. The Kier molecular flexibility index (Phi) is 3.64. The van der Waals surface area contributed by atoms with Gasteiger partial charge >= 0.3 is 0 Å². The molecule has 2 nitrogen and oxygen atoms in total. The minimum Gasteiger partial charge on any atom is -0.356 e. The zero-order valence-electron chi connectivity index (χ0n) is 13.1. The number of benzene rings is 2. The second-order valence-electron chi connectivity index (χ2n) is 6.32. The summed E-state index contributed by atoms with van der Waals surface area (Å²) in [5.74, 6) is 0. The fourth-order valence-corrected chi connectivity index (χ4v) is 4.20. The van der Waals surface area contributed by atoms with Crippen molar-refractivity contribution in [3.05, 3.63) is 68.3 Å². The van der Waals surface area contributed by atoms with E-state index in [9.17, 15) is 0 Å². The van der Waals surface area contributed by atoms with Gasteiger partial charge in [0.15, 0.2) is 0 Å². The Labute approximate surface area is 145 Å². The van der Waals surface area contributed by atoms with Crippen molar-refractivity contribution in [2.24, 2.45) is 0 Å². The number of fused-ring (bicyclic) bond motifs is 3. The van der Waals surface area contributed by atoms with Gasteiger partial charge in [-0.3, -0.25) is 0 Å². The monoisotopic (exact) mass is 344 g/mol. The number of aromatic nitrogens is 1. The third-order valence-electron chi connectivity index (χ3n) is 4.68. The largest absolute Gasteiger partial charge is 0.356 e. The van der Waals surface area contributed by atoms with Crippen molar-refractivity contribution in [1.82, 2.24) is 10.3 Å². The maximum absolute atomic E-state index is 6.45. The lowest BCUT2D eigenvalue weighted by Crippen LogP contribution is -2.30. The first-order valence-electron chi connectivity index (χ1n) is 7.84. The summed E-state index contributed by atoms with van der Waals surface area (Å²) >= 11 is 12.5. The summed E-state index contributed by atoms with van der Waals surface area (Å²) in [5.41, 5.74) is 7.52. The maximum Gasteiger partial charge on any atom is 0.0746 e. The molecule has 0 bridgehead atoms. The Hall–Kier alpha value is -1.48. The molecule has 0 saturated carbocycles. The van der Waals surface area contributed by atoms with Gasteiger partial charge in [-0.2, -0.15) is 0 Å². The molecule has 4 rings (SSSR count). The zero-order valence-corrected chi connectivity index (χ0v) is 14.6. The summed E-state index contributed by atoms with van der Waals surface area (Å²) in [6, 6.07) is 10.3. The molecule has 0 fully saturated rings. The van der Waals surface area contributed by atoms with Crippen LogP contribution in [-0.2, 0) is 6.42 Å². The Morgan fingerprint density at radius 1 is 1.09 bits per heavy atom. The van der Waals surface area contributed by atoms with Gasteiger partial charge in [-0.05, 0) is 55.2 Å². The fourth-order valence-electron chi connectivity index (χ4n) is 3.69. The predicted octanol–water partition coefficient (Wildman–Crippen LogP) is 5.33. The van der Waals surface area contributed by atoms with Crippen molar-refractivity contribution in [3.63, 3.8) is 0 Å². The van der Waals surface area contributed by atoms with Gasteiger partial charge in [0, 0.05) is 33.2 Å². The summed E-state index contributed by atoms with van der Waals surface area (Å²) in [5, 5.41) is 6.30. The molecule has 23 heavy (non-hydrogen) atoms. The lowest BCUT2D eigenvalue weighted by molar-refractivity contribution is 0.560. The van der Waals surface area contributed by atoms with Crippen LogP contribution in [0.4, 0.5) is 0 Å². The Bertz CT molecular complexity index is 911. The number of halogens is 2. The highest BCUT2D eigenvalue weighted by atomic mass is 35.5. The standard InChI is InChI=1S/C19H18Cl2N2/c1-10-7-11(2)17-15(8-10)13-5-6-22-18(19(13)23-17)14-4-3-12(20)9-16(14)21/h3-4,7-9,18,22-23H,5-6H2,1-2H3. The molecule has 0 saturated heterocycles. The predicted molar refractivity (Wildman–Crippen MR) is 97.8 cm³/mol. The van der Waals surface area contributed by atoms with Gasteiger partial charge < -0.3 is 10.3 Å². The molecule has 0 aliphatic carbocycles. The van der Waals surface area contributed by atoms with Gasteiger partial charge in [0.05, 0.1) is 6.04 Å². The fraction of sp³-hybridized carbons (Fsp3) is 0.263. The molecular formula is C19H18Cl2N2. The van der Waals surface area contributed by atoms with E-state index in [0.29, 0.717) is 10.0 Å². The van der Waals surface area contributed by atoms with E-state index in [0.717, 1.165) is 18.5 Å². The van der Waals surface area contributed by atoms with E-state index in [4.69, 9.17) is 23.2 Å². The third-order valence-corrected chi connectivity index (χ3v) is 5.24. The number of rotatable bonds is 1. The molecule has 2 aromatic carbocycles. The van der Waals surface area contributed by atoms with Crippen LogP contribution in [-0.4, -0.2) is 11.5 Å². The van der Waals surface area contributed by atoms with Crippen molar-refractivity contribution in [3.8, 4) is 0 Å². The van der Waals surface area contributed by atoms with Crippen molar-refractivity contribution >= 4 is 34.1 Å².